The molecule has 1 aromatic rings. The second-order valence-electron chi connectivity index (χ2n) is 2.84. The Balaban J connectivity index is 2.48. The first-order chi connectivity index (χ1) is 6.74. The lowest BCUT2D eigenvalue weighted by molar-refractivity contribution is 0.0951. The van der Waals surface area contributed by atoms with Gasteiger partial charge in [-0.3, -0.25) is 4.79 Å². The molecule has 14 heavy (non-hydrogen) atoms. The van der Waals surface area contributed by atoms with Gasteiger partial charge in [0.1, 0.15) is 5.82 Å². The van der Waals surface area contributed by atoms with Crippen molar-refractivity contribution in [3.63, 3.8) is 0 Å². The number of carbonyl (C=O) groups excluding carboxylic acids is 1. The smallest absolute Gasteiger partial charge is 0.251 e. The number of hydrogen-bond donors (Lipinski definition) is 2. The summed E-state index contributed by atoms with van der Waals surface area (Å²) in [4.78, 5) is 11.3. The van der Waals surface area contributed by atoms with E-state index in [4.69, 9.17) is 5.11 Å². The Labute approximate surface area is 81.6 Å². The zero-order valence-electron chi connectivity index (χ0n) is 7.66. The quantitative estimate of drug-likeness (QED) is 0.706. The molecule has 0 aliphatic heterocycles. The lowest BCUT2D eigenvalue weighted by atomic mass is 10.2. The van der Waals surface area contributed by atoms with E-state index in [2.05, 4.69) is 5.32 Å². The van der Waals surface area contributed by atoms with Crippen LogP contribution < -0.4 is 5.32 Å². The van der Waals surface area contributed by atoms with Crippen LogP contribution in [0.2, 0.25) is 0 Å². The fourth-order valence-corrected chi connectivity index (χ4v) is 0.984. The maximum atomic E-state index is 12.5. The van der Waals surface area contributed by atoms with Crippen LogP contribution in [0.4, 0.5) is 4.39 Å². The first-order valence-corrected chi connectivity index (χ1v) is 4.38. The van der Waals surface area contributed by atoms with Gasteiger partial charge in [-0.2, -0.15) is 0 Å². The first-order valence-electron chi connectivity index (χ1n) is 4.38. The molecule has 0 heterocycles. The van der Waals surface area contributed by atoms with Crippen LogP contribution in [0.5, 0.6) is 0 Å². The van der Waals surface area contributed by atoms with Crippen LogP contribution in [-0.2, 0) is 0 Å². The molecule has 0 radical (unpaired) electrons. The van der Waals surface area contributed by atoms with Gasteiger partial charge in [0.05, 0.1) is 0 Å². The van der Waals surface area contributed by atoms with Gasteiger partial charge >= 0.3 is 0 Å². The lowest BCUT2D eigenvalue weighted by Crippen LogP contribution is -2.24. The lowest BCUT2D eigenvalue weighted by Gasteiger charge is -2.03. The van der Waals surface area contributed by atoms with Crippen LogP contribution in [0.15, 0.2) is 24.3 Å². The molecule has 0 aliphatic carbocycles. The summed E-state index contributed by atoms with van der Waals surface area (Å²) in [6, 6.07) is 5.31. The van der Waals surface area contributed by atoms with Gasteiger partial charge in [-0.15, -0.1) is 0 Å². The predicted molar refractivity (Wildman–Crippen MR) is 50.4 cm³/mol. The minimum atomic E-state index is -0.364. The summed E-state index contributed by atoms with van der Waals surface area (Å²) in [6.07, 6.45) is 0.521. The Morgan fingerprint density at radius 2 is 2.00 bits per heavy atom. The number of amides is 1. The monoisotopic (exact) mass is 197 g/mol. The maximum Gasteiger partial charge on any atom is 0.251 e. The average molecular weight is 197 g/mol. The van der Waals surface area contributed by atoms with Crippen molar-refractivity contribution in [3.05, 3.63) is 35.6 Å². The Morgan fingerprint density at radius 3 is 2.57 bits per heavy atom. The molecule has 4 heteroatoms. The van der Waals surface area contributed by atoms with Gasteiger partial charge in [0.25, 0.3) is 5.91 Å². The van der Waals surface area contributed by atoms with Gasteiger partial charge in [-0.25, -0.2) is 4.39 Å². The van der Waals surface area contributed by atoms with E-state index in [1.807, 2.05) is 0 Å². The van der Waals surface area contributed by atoms with Crippen molar-refractivity contribution in [2.24, 2.45) is 0 Å². The molecule has 1 amide bonds. The summed E-state index contributed by atoms with van der Waals surface area (Å²) in [7, 11) is 0. The Morgan fingerprint density at radius 1 is 1.36 bits per heavy atom. The first kappa shape index (κ1) is 10.7. The number of carbonyl (C=O) groups is 1. The van der Waals surface area contributed by atoms with Crippen molar-refractivity contribution in [1.29, 1.82) is 0 Å². The molecule has 0 unspecified atom stereocenters. The molecule has 0 aliphatic rings. The standard InChI is InChI=1S/C10H12FNO2/c11-9-4-2-8(3-5-9)10(14)12-6-1-7-13/h2-5,13H,1,6-7H2,(H,12,14). The van der Waals surface area contributed by atoms with E-state index in [0.29, 0.717) is 18.5 Å². The molecular formula is C10H12FNO2. The normalized spacial score (nSPS) is 9.86. The van der Waals surface area contributed by atoms with Gasteiger partial charge < -0.3 is 10.4 Å². The van der Waals surface area contributed by atoms with Crippen molar-refractivity contribution in [1.82, 2.24) is 5.32 Å². The topological polar surface area (TPSA) is 49.3 Å². The molecule has 1 aromatic carbocycles. The summed E-state index contributed by atoms with van der Waals surface area (Å²) < 4.78 is 12.5. The molecule has 0 atom stereocenters. The van der Waals surface area contributed by atoms with Gasteiger partial charge in [-0.1, -0.05) is 0 Å². The number of rotatable bonds is 4. The number of halogens is 1. The third kappa shape index (κ3) is 3.14. The third-order valence-electron chi connectivity index (χ3n) is 1.73. The summed E-state index contributed by atoms with van der Waals surface area (Å²) >= 11 is 0. The number of hydrogen-bond acceptors (Lipinski definition) is 2. The van der Waals surface area contributed by atoms with Crippen LogP contribution in [0.25, 0.3) is 0 Å². The van der Waals surface area contributed by atoms with Crippen LogP contribution in [0.1, 0.15) is 16.8 Å². The highest BCUT2D eigenvalue weighted by molar-refractivity contribution is 5.94. The van der Waals surface area contributed by atoms with Crippen molar-refractivity contribution >= 4 is 5.91 Å². The van der Waals surface area contributed by atoms with Crippen molar-refractivity contribution in [3.8, 4) is 0 Å². The second kappa shape index (κ2) is 5.34. The Kier molecular flexibility index (Phi) is 4.07. The number of aliphatic hydroxyl groups is 1. The fraction of sp³-hybridized carbons (Fsp3) is 0.300. The fourth-order valence-electron chi connectivity index (χ4n) is 0.984. The minimum Gasteiger partial charge on any atom is -0.396 e. The average Bonchev–Trinajstić information content (AvgIpc) is 2.19. The maximum absolute atomic E-state index is 12.5. The molecule has 0 spiro atoms. The third-order valence-corrected chi connectivity index (χ3v) is 1.73. The summed E-state index contributed by atoms with van der Waals surface area (Å²) in [5, 5.41) is 11.1. The molecule has 2 N–H and O–H groups in total. The van der Waals surface area contributed by atoms with Crippen molar-refractivity contribution in [2.75, 3.05) is 13.2 Å². The second-order valence-corrected chi connectivity index (χ2v) is 2.84. The van der Waals surface area contributed by atoms with Gasteiger partial charge in [0.15, 0.2) is 0 Å². The zero-order valence-corrected chi connectivity index (χ0v) is 7.66. The molecular weight excluding hydrogens is 185 g/mol. The zero-order chi connectivity index (χ0) is 10.4. The van der Waals surface area contributed by atoms with E-state index in [1.165, 1.54) is 24.3 Å². The molecule has 76 valence electrons. The van der Waals surface area contributed by atoms with Crippen LogP contribution in [0, 0.1) is 5.82 Å². The Hall–Kier alpha value is -1.42. The summed E-state index contributed by atoms with van der Waals surface area (Å²) in [5.74, 6) is -0.615. The van der Waals surface area contributed by atoms with Gasteiger partial charge in [0, 0.05) is 18.7 Å². The van der Waals surface area contributed by atoms with E-state index in [-0.39, 0.29) is 18.3 Å². The molecule has 0 fully saturated rings. The Bertz CT molecular complexity index is 297. The van der Waals surface area contributed by atoms with E-state index in [0.717, 1.165) is 0 Å². The van der Waals surface area contributed by atoms with Crippen LogP contribution >= 0.6 is 0 Å². The molecule has 0 saturated carbocycles. The van der Waals surface area contributed by atoms with E-state index in [9.17, 15) is 9.18 Å². The van der Waals surface area contributed by atoms with Crippen molar-refractivity contribution in [2.45, 2.75) is 6.42 Å². The summed E-state index contributed by atoms with van der Waals surface area (Å²) in [5.41, 5.74) is 0.421. The van der Waals surface area contributed by atoms with E-state index in [1.54, 1.807) is 0 Å². The van der Waals surface area contributed by atoms with Gasteiger partial charge in [-0.05, 0) is 30.7 Å². The number of aliphatic hydroxyl groups excluding tert-OH is 1. The number of benzene rings is 1. The predicted octanol–water partition coefficient (Wildman–Crippen LogP) is 0.938. The molecule has 0 bridgehead atoms. The van der Waals surface area contributed by atoms with Crippen LogP contribution in [-0.4, -0.2) is 24.2 Å². The largest absolute Gasteiger partial charge is 0.396 e. The molecule has 0 saturated heterocycles. The van der Waals surface area contributed by atoms with Crippen LogP contribution in [0.3, 0.4) is 0 Å². The highest BCUT2D eigenvalue weighted by Gasteiger charge is 2.03. The van der Waals surface area contributed by atoms with Crippen molar-refractivity contribution < 1.29 is 14.3 Å². The SMILES string of the molecule is O=C(NCCCO)c1ccc(F)cc1. The highest BCUT2D eigenvalue weighted by atomic mass is 19.1. The molecule has 1 rings (SSSR count). The molecule has 0 aromatic heterocycles. The summed E-state index contributed by atoms with van der Waals surface area (Å²) in [6.45, 7) is 0.469. The molecule has 3 nitrogen and oxygen atoms in total. The van der Waals surface area contributed by atoms with E-state index >= 15 is 0 Å². The number of nitrogens with one attached hydrogen (secondary N) is 1. The van der Waals surface area contributed by atoms with Gasteiger partial charge in [0.2, 0.25) is 0 Å². The minimum absolute atomic E-state index is 0.0453. The van der Waals surface area contributed by atoms with E-state index < -0.39 is 0 Å². The highest BCUT2D eigenvalue weighted by Crippen LogP contribution is 2.02.